The van der Waals surface area contributed by atoms with Gasteiger partial charge in [-0.3, -0.25) is 9.59 Å². The summed E-state index contributed by atoms with van der Waals surface area (Å²) in [5.74, 6) is 0.484. The summed E-state index contributed by atoms with van der Waals surface area (Å²) >= 11 is 0. The van der Waals surface area contributed by atoms with Crippen molar-refractivity contribution in [2.24, 2.45) is 11.8 Å². The van der Waals surface area contributed by atoms with E-state index in [0.717, 1.165) is 50.0 Å². The molecule has 1 heterocycles. The number of nitrogens with one attached hydrogen (secondary N) is 3. The molecular formula is C17H23N3O2. The van der Waals surface area contributed by atoms with Crippen molar-refractivity contribution in [2.45, 2.75) is 32.2 Å². The highest BCUT2D eigenvalue weighted by Gasteiger charge is 2.24. The van der Waals surface area contributed by atoms with Gasteiger partial charge in [-0.05, 0) is 30.5 Å². The molecule has 3 rings (SSSR count). The normalized spacial score (nSPS) is 18.7. The Labute approximate surface area is 130 Å². The van der Waals surface area contributed by atoms with Crippen LogP contribution in [0.25, 0.3) is 0 Å². The highest BCUT2D eigenvalue weighted by molar-refractivity contribution is 5.92. The summed E-state index contributed by atoms with van der Waals surface area (Å²) in [6.45, 7) is 2.04. The summed E-state index contributed by atoms with van der Waals surface area (Å²) in [4.78, 5) is 24.0. The van der Waals surface area contributed by atoms with Crippen molar-refractivity contribution in [3.05, 3.63) is 29.8 Å². The lowest BCUT2D eigenvalue weighted by Crippen LogP contribution is -2.50. The van der Waals surface area contributed by atoms with Crippen molar-refractivity contribution in [2.75, 3.05) is 18.4 Å². The van der Waals surface area contributed by atoms with Crippen LogP contribution in [0.2, 0.25) is 0 Å². The highest BCUT2D eigenvalue weighted by Crippen LogP contribution is 2.26. The third-order valence-corrected chi connectivity index (χ3v) is 4.54. The van der Waals surface area contributed by atoms with E-state index >= 15 is 0 Å². The average molecular weight is 301 g/mol. The van der Waals surface area contributed by atoms with Gasteiger partial charge in [0.05, 0.1) is 5.92 Å². The zero-order chi connectivity index (χ0) is 15.4. The molecule has 0 unspecified atom stereocenters. The molecule has 5 heteroatoms. The molecule has 0 bridgehead atoms. The van der Waals surface area contributed by atoms with Gasteiger partial charge in [0.15, 0.2) is 0 Å². The van der Waals surface area contributed by atoms with Crippen molar-refractivity contribution in [3.8, 4) is 0 Å². The Morgan fingerprint density at radius 3 is 2.55 bits per heavy atom. The minimum Gasteiger partial charge on any atom is -0.352 e. The van der Waals surface area contributed by atoms with Gasteiger partial charge in [-0.1, -0.05) is 25.0 Å². The number of carbonyl (C=O) groups excluding carboxylic acids is 2. The molecule has 2 fully saturated rings. The maximum absolute atomic E-state index is 12.1. The summed E-state index contributed by atoms with van der Waals surface area (Å²) in [6.07, 6.45) is 4.30. The maximum atomic E-state index is 12.1. The number of benzene rings is 1. The zero-order valence-electron chi connectivity index (χ0n) is 12.7. The van der Waals surface area contributed by atoms with E-state index in [4.69, 9.17) is 0 Å². The summed E-state index contributed by atoms with van der Waals surface area (Å²) in [5.41, 5.74) is 1.82. The van der Waals surface area contributed by atoms with Crippen LogP contribution in [-0.2, 0) is 16.1 Å². The second kappa shape index (κ2) is 6.92. The molecule has 1 aliphatic carbocycles. The molecular weight excluding hydrogens is 278 g/mol. The van der Waals surface area contributed by atoms with Crippen LogP contribution in [0.15, 0.2) is 24.3 Å². The van der Waals surface area contributed by atoms with Gasteiger partial charge >= 0.3 is 0 Å². The molecule has 0 aromatic heterocycles. The van der Waals surface area contributed by atoms with Crippen molar-refractivity contribution < 1.29 is 9.59 Å². The lowest BCUT2D eigenvalue weighted by molar-refractivity contribution is -0.126. The zero-order valence-corrected chi connectivity index (χ0v) is 12.7. The minimum atomic E-state index is 0.0964. The van der Waals surface area contributed by atoms with Crippen LogP contribution in [0.1, 0.15) is 31.2 Å². The first kappa shape index (κ1) is 15.0. The third-order valence-electron chi connectivity index (χ3n) is 4.54. The minimum absolute atomic E-state index is 0.0964. The Kier molecular flexibility index (Phi) is 4.73. The first-order valence-electron chi connectivity index (χ1n) is 8.10. The Hall–Kier alpha value is -1.88. The monoisotopic (exact) mass is 301 g/mol. The Bertz CT molecular complexity index is 549. The molecule has 3 N–H and O–H groups in total. The van der Waals surface area contributed by atoms with Gasteiger partial charge in [0.2, 0.25) is 11.8 Å². The van der Waals surface area contributed by atoms with Gasteiger partial charge in [0.25, 0.3) is 0 Å². The van der Waals surface area contributed by atoms with Crippen molar-refractivity contribution in [3.63, 3.8) is 0 Å². The second-order valence-corrected chi connectivity index (χ2v) is 6.24. The fraction of sp³-hybridized carbons (Fsp3) is 0.529. The third kappa shape index (κ3) is 3.65. The molecule has 1 aromatic carbocycles. The van der Waals surface area contributed by atoms with E-state index in [9.17, 15) is 9.59 Å². The maximum Gasteiger partial charge on any atom is 0.227 e. The standard InChI is InChI=1S/C17H23N3O2/c21-16(14-10-18-11-14)19-9-12-4-3-7-15(8-12)20-17(22)13-5-1-2-6-13/h3-4,7-8,13-14,18H,1-2,5-6,9-11H2,(H,19,21)(H,20,22). The molecule has 1 saturated carbocycles. The van der Waals surface area contributed by atoms with Gasteiger partial charge < -0.3 is 16.0 Å². The second-order valence-electron chi connectivity index (χ2n) is 6.24. The lowest BCUT2D eigenvalue weighted by Gasteiger charge is -2.25. The largest absolute Gasteiger partial charge is 0.352 e. The molecule has 1 aliphatic heterocycles. The van der Waals surface area contributed by atoms with E-state index < -0.39 is 0 Å². The van der Waals surface area contributed by atoms with Gasteiger partial charge in [0.1, 0.15) is 0 Å². The number of amides is 2. The van der Waals surface area contributed by atoms with Crippen LogP contribution in [0.5, 0.6) is 0 Å². The Balaban J connectivity index is 1.52. The SMILES string of the molecule is O=C(NCc1cccc(NC(=O)C2CCCC2)c1)C1CNC1. The molecule has 0 radical (unpaired) electrons. The van der Waals surface area contributed by atoms with E-state index in [0.29, 0.717) is 6.54 Å². The molecule has 0 atom stereocenters. The van der Waals surface area contributed by atoms with Gasteiger partial charge in [-0.15, -0.1) is 0 Å². The lowest BCUT2D eigenvalue weighted by atomic mass is 10.0. The van der Waals surface area contributed by atoms with Crippen LogP contribution in [0, 0.1) is 11.8 Å². The number of hydrogen-bond acceptors (Lipinski definition) is 3. The average Bonchev–Trinajstić information content (AvgIpc) is 2.98. The first-order chi connectivity index (χ1) is 10.7. The van der Waals surface area contributed by atoms with Gasteiger partial charge in [-0.2, -0.15) is 0 Å². The fourth-order valence-electron chi connectivity index (χ4n) is 3.00. The fourth-order valence-corrected chi connectivity index (χ4v) is 3.00. The van der Waals surface area contributed by atoms with Crippen LogP contribution < -0.4 is 16.0 Å². The molecule has 0 spiro atoms. The van der Waals surface area contributed by atoms with E-state index in [1.807, 2.05) is 24.3 Å². The molecule has 1 aromatic rings. The van der Waals surface area contributed by atoms with Gasteiger partial charge in [-0.25, -0.2) is 0 Å². The molecule has 5 nitrogen and oxygen atoms in total. The van der Waals surface area contributed by atoms with Gasteiger partial charge in [0, 0.05) is 31.2 Å². The molecule has 2 aliphatic rings. The summed E-state index contributed by atoms with van der Waals surface area (Å²) < 4.78 is 0. The predicted molar refractivity (Wildman–Crippen MR) is 85.2 cm³/mol. The first-order valence-corrected chi connectivity index (χ1v) is 8.10. The van der Waals surface area contributed by atoms with Crippen LogP contribution in [-0.4, -0.2) is 24.9 Å². The number of hydrogen-bond donors (Lipinski definition) is 3. The van der Waals surface area contributed by atoms with E-state index in [1.54, 1.807) is 0 Å². The van der Waals surface area contributed by atoms with E-state index in [-0.39, 0.29) is 23.7 Å². The Morgan fingerprint density at radius 1 is 1.09 bits per heavy atom. The smallest absolute Gasteiger partial charge is 0.227 e. The summed E-state index contributed by atoms with van der Waals surface area (Å²) in [5, 5.41) is 9.03. The van der Waals surface area contributed by atoms with Crippen LogP contribution in [0.3, 0.4) is 0 Å². The predicted octanol–water partition coefficient (Wildman–Crippen LogP) is 1.65. The molecule has 2 amide bonds. The van der Waals surface area contributed by atoms with Crippen molar-refractivity contribution in [1.82, 2.24) is 10.6 Å². The highest BCUT2D eigenvalue weighted by atomic mass is 16.2. The number of carbonyl (C=O) groups is 2. The molecule has 1 saturated heterocycles. The van der Waals surface area contributed by atoms with E-state index in [1.165, 1.54) is 0 Å². The molecule has 22 heavy (non-hydrogen) atoms. The van der Waals surface area contributed by atoms with Crippen molar-refractivity contribution >= 4 is 17.5 Å². The quantitative estimate of drug-likeness (QED) is 0.774. The Morgan fingerprint density at radius 2 is 1.86 bits per heavy atom. The van der Waals surface area contributed by atoms with Crippen molar-refractivity contribution in [1.29, 1.82) is 0 Å². The summed E-state index contributed by atoms with van der Waals surface area (Å²) in [6, 6.07) is 7.71. The van der Waals surface area contributed by atoms with Crippen LogP contribution in [0.4, 0.5) is 5.69 Å². The number of rotatable bonds is 5. The molecule has 118 valence electrons. The number of anilines is 1. The summed E-state index contributed by atoms with van der Waals surface area (Å²) in [7, 11) is 0. The topological polar surface area (TPSA) is 70.2 Å². The van der Waals surface area contributed by atoms with E-state index in [2.05, 4.69) is 16.0 Å². The van der Waals surface area contributed by atoms with Crippen LogP contribution >= 0.6 is 0 Å².